The number of aryl methyl sites for hydroxylation is 1. The van der Waals surface area contributed by atoms with Gasteiger partial charge in [0.15, 0.2) is 0 Å². The Labute approximate surface area is 181 Å². The predicted molar refractivity (Wildman–Crippen MR) is 121 cm³/mol. The van der Waals surface area contributed by atoms with E-state index in [1.165, 1.54) is 17.2 Å². The van der Waals surface area contributed by atoms with Crippen LogP contribution in [0.1, 0.15) is 21.7 Å². The zero-order chi connectivity index (χ0) is 21.5. The topological polar surface area (TPSA) is 84.4 Å². The minimum atomic E-state index is -0.733. The average molecular weight is 433 g/mol. The van der Waals surface area contributed by atoms with E-state index in [1.54, 1.807) is 6.07 Å². The van der Waals surface area contributed by atoms with Gasteiger partial charge in [-0.25, -0.2) is 4.79 Å². The van der Waals surface area contributed by atoms with E-state index >= 15 is 0 Å². The standard InChI is InChI=1S/C23H19N3O4S/c1-30-23(29)19-13-18-21(31-19)24-20(27)22(28)26(18)16-10-9-14-6-5-11-25(17(14)12-16)15-7-3-2-4-8-15/h2-4,7-10,12-13H,5-6,11H2,1H3,(H,24,27). The van der Waals surface area contributed by atoms with Gasteiger partial charge in [-0.1, -0.05) is 24.3 Å². The van der Waals surface area contributed by atoms with Gasteiger partial charge in [0.25, 0.3) is 0 Å². The van der Waals surface area contributed by atoms with Crippen molar-refractivity contribution in [2.24, 2.45) is 0 Å². The number of para-hydroxylation sites is 1. The maximum Gasteiger partial charge on any atom is 0.348 e. The number of H-pyrrole nitrogens is 1. The van der Waals surface area contributed by atoms with Crippen molar-refractivity contribution in [3.05, 3.63) is 85.7 Å². The highest BCUT2D eigenvalue weighted by Crippen LogP contribution is 2.35. The van der Waals surface area contributed by atoms with Crippen LogP contribution in [0, 0.1) is 0 Å². The van der Waals surface area contributed by atoms with Gasteiger partial charge in [-0.3, -0.25) is 14.2 Å². The molecule has 156 valence electrons. The van der Waals surface area contributed by atoms with Crippen LogP contribution in [0.2, 0.25) is 0 Å². The number of ether oxygens (including phenoxy) is 1. The minimum absolute atomic E-state index is 0.316. The molecule has 2 aromatic carbocycles. The molecule has 8 heteroatoms. The summed E-state index contributed by atoms with van der Waals surface area (Å²) in [5, 5.41) is 0. The number of esters is 1. The number of hydrogen-bond donors (Lipinski definition) is 1. The Morgan fingerprint density at radius 1 is 1.06 bits per heavy atom. The predicted octanol–water partition coefficient (Wildman–Crippen LogP) is 3.61. The minimum Gasteiger partial charge on any atom is -0.465 e. The number of fused-ring (bicyclic) bond motifs is 2. The Morgan fingerprint density at radius 2 is 1.87 bits per heavy atom. The van der Waals surface area contributed by atoms with E-state index in [9.17, 15) is 14.4 Å². The fraction of sp³-hybridized carbons (Fsp3) is 0.174. The van der Waals surface area contributed by atoms with E-state index in [0.717, 1.165) is 42.1 Å². The molecule has 0 atom stereocenters. The van der Waals surface area contributed by atoms with Gasteiger partial charge in [-0.15, -0.1) is 11.3 Å². The molecule has 7 nitrogen and oxygen atoms in total. The van der Waals surface area contributed by atoms with Crippen LogP contribution in [0.25, 0.3) is 16.0 Å². The van der Waals surface area contributed by atoms with E-state index in [-0.39, 0.29) is 0 Å². The van der Waals surface area contributed by atoms with Crippen molar-refractivity contribution in [2.75, 3.05) is 18.6 Å². The molecule has 0 bridgehead atoms. The number of anilines is 2. The Hall–Kier alpha value is -3.65. The summed E-state index contributed by atoms with van der Waals surface area (Å²) in [6.07, 6.45) is 1.98. The van der Waals surface area contributed by atoms with Crippen molar-refractivity contribution >= 4 is 39.0 Å². The van der Waals surface area contributed by atoms with Crippen LogP contribution in [-0.4, -0.2) is 29.2 Å². The average Bonchev–Trinajstić information content (AvgIpc) is 3.22. The first kappa shape index (κ1) is 19.3. The van der Waals surface area contributed by atoms with Crippen LogP contribution in [0.4, 0.5) is 11.4 Å². The van der Waals surface area contributed by atoms with Crippen LogP contribution in [0.5, 0.6) is 0 Å². The summed E-state index contributed by atoms with van der Waals surface area (Å²) in [5.74, 6) is -0.512. The molecule has 2 aromatic heterocycles. The number of rotatable bonds is 3. The summed E-state index contributed by atoms with van der Waals surface area (Å²) in [5.41, 5.74) is 2.90. The van der Waals surface area contributed by atoms with Gasteiger partial charge < -0.3 is 14.6 Å². The summed E-state index contributed by atoms with van der Waals surface area (Å²) in [4.78, 5) is 42.7. The maximum atomic E-state index is 12.8. The lowest BCUT2D eigenvalue weighted by Crippen LogP contribution is -2.35. The van der Waals surface area contributed by atoms with Gasteiger partial charge in [0.05, 0.1) is 18.3 Å². The van der Waals surface area contributed by atoms with Gasteiger partial charge in [0.1, 0.15) is 9.71 Å². The van der Waals surface area contributed by atoms with Crippen molar-refractivity contribution in [2.45, 2.75) is 12.8 Å². The number of methoxy groups -OCH3 is 1. The second-order valence-corrected chi connectivity index (χ2v) is 8.37. The van der Waals surface area contributed by atoms with Crippen LogP contribution in [0.15, 0.2) is 64.2 Å². The SMILES string of the molecule is COC(=O)c1cc2c([nH]c(=O)c(=O)n2-c2ccc3c(c2)N(c2ccccc2)CCC3)s1. The Balaban J connectivity index is 1.72. The molecule has 0 radical (unpaired) electrons. The number of nitrogens with zero attached hydrogens (tertiary/aromatic N) is 2. The molecule has 0 saturated heterocycles. The van der Waals surface area contributed by atoms with Gasteiger partial charge in [0.2, 0.25) is 0 Å². The number of aromatic nitrogens is 2. The molecule has 0 aliphatic carbocycles. The molecule has 1 N–H and O–H groups in total. The normalized spacial score (nSPS) is 13.3. The molecular weight excluding hydrogens is 414 g/mol. The molecule has 4 aromatic rings. The fourth-order valence-corrected chi connectivity index (χ4v) is 5.00. The molecule has 0 unspecified atom stereocenters. The first-order chi connectivity index (χ1) is 15.1. The molecular formula is C23H19N3O4S. The molecule has 0 fully saturated rings. The number of hydrogen-bond acceptors (Lipinski definition) is 6. The Morgan fingerprint density at radius 3 is 2.65 bits per heavy atom. The smallest absolute Gasteiger partial charge is 0.348 e. The number of carbonyl (C=O) groups excluding carboxylic acids is 1. The third-order valence-electron chi connectivity index (χ3n) is 5.48. The number of aromatic amines is 1. The van der Waals surface area contributed by atoms with E-state index in [4.69, 9.17) is 4.74 Å². The molecule has 0 saturated carbocycles. The first-order valence-electron chi connectivity index (χ1n) is 9.90. The van der Waals surface area contributed by atoms with Crippen molar-refractivity contribution in [3.8, 4) is 5.69 Å². The summed E-state index contributed by atoms with van der Waals surface area (Å²) in [7, 11) is 1.30. The third kappa shape index (κ3) is 3.25. The lowest BCUT2D eigenvalue weighted by atomic mass is 10.00. The van der Waals surface area contributed by atoms with Gasteiger partial charge in [0, 0.05) is 17.9 Å². The number of thiophene rings is 1. The van der Waals surface area contributed by atoms with E-state index in [0.29, 0.717) is 20.9 Å². The number of benzene rings is 2. The fourth-order valence-electron chi connectivity index (χ4n) is 4.04. The van der Waals surface area contributed by atoms with Crippen molar-refractivity contribution in [1.29, 1.82) is 0 Å². The Bertz CT molecular complexity index is 1420. The molecule has 3 heterocycles. The van der Waals surface area contributed by atoms with Gasteiger partial charge in [-0.05, 0) is 48.7 Å². The highest BCUT2D eigenvalue weighted by atomic mass is 32.1. The number of carbonyl (C=O) groups is 1. The third-order valence-corrected chi connectivity index (χ3v) is 6.50. The lowest BCUT2D eigenvalue weighted by molar-refractivity contribution is 0.0606. The zero-order valence-electron chi connectivity index (χ0n) is 16.8. The van der Waals surface area contributed by atoms with Crippen molar-refractivity contribution < 1.29 is 9.53 Å². The van der Waals surface area contributed by atoms with Crippen LogP contribution >= 0.6 is 11.3 Å². The largest absolute Gasteiger partial charge is 0.465 e. The Kier molecular flexibility index (Phi) is 4.71. The van der Waals surface area contributed by atoms with E-state index in [2.05, 4.69) is 22.0 Å². The summed E-state index contributed by atoms with van der Waals surface area (Å²) >= 11 is 1.09. The summed E-state index contributed by atoms with van der Waals surface area (Å²) in [6.45, 7) is 0.866. The van der Waals surface area contributed by atoms with Crippen LogP contribution < -0.4 is 16.0 Å². The van der Waals surface area contributed by atoms with Crippen molar-refractivity contribution in [3.63, 3.8) is 0 Å². The molecule has 1 aliphatic rings. The van der Waals surface area contributed by atoms with Gasteiger partial charge in [-0.2, -0.15) is 0 Å². The molecule has 0 spiro atoms. The van der Waals surface area contributed by atoms with E-state index < -0.39 is 17.1 Å². The zero-order valence-corrected chi connectivity index (χ0v) is 17.6. The quantitative estimate of drug-likeness (QED) is 0.394. The second-order valence-electron chi connectivity index (χ2n) is 7.32. The molecule has 1 aliphatic heterocycles. The summed E-state index contributed by atoms with van der Waals surface area (Å²) < 4.78 is 6.16. The lowest BCUT2D eigenvalue weighted by Gasteiger charge is -2.32. The van der Waals surface area contributed by atoms with Gasteiger partial charge >= 0.3 is 17.1 Å². The van der Waals surface area contributed by atoms with Crippen molar-refractivity contribution in [1.82, 2.24) is 9.55 Å². The molecule has 0 amide bonds. The van der Waals surface area contributed by atoms with Crippen LogP contribution in [-0.2, 0) is 11.2 Å². The van der Waals surface area contributed by atoms with E-state index in [1.807, 2.05) is 36.4 Å². The molecule has 5 rings (SSSR count). The maximum absolute atomic E-state index is 12.8. The highest BCUT2D eigenvalue weighted by molar-refractivity contribution is 7.20. The number of nitrogens with one attached hydrogen (secondary N) is 1. The van der Waals surface area contributed by atoms with Crippen LogP contribution in [0.3, 0.4) is 0 Å². The first-order valence-corrected chi connectivity index (χ1v) is 10.7. The molecule has 31 heavy (non-hydrogen) atoms. The monoisotopic (exact) mass is 433 g/mol. The summed E-state index contributed by atoms with van der Waals surface area (Å²) in [6, 6.07) is 17.5. The second kappa shape index (κ2) is 7.55. The highest BCUT2D eigenvalue weighted by Gasteiger charge is 2.21.